The van der Waals surface area contributed by atoms with E-state index in [1.54, 1.807) is 19.1 Å². The number of hydrogen-bond donors (Lipinski definition) is 2. The van der Waals surface area contributed by atoms with E-state index in [1.807, 2.05) is 0 Å². The number of fused-ring (bicyclic) bond motifs is 3. The number of aromatic nitrogens is 2. The fourth-order valence-corrected chi connectivity index (χ4v) is 5.90. The first kappa shape index (κ1) is 18.7. The van der Waals surface area contributed by atoms with Crippen molar-refractivity contribution in [2.75, 3.05) is 6.61 Å². The van der Waals surface area contributed by atoms with Gasteiger partial charge in [0.05, 0.1) is 22.3 Å². The SMILES string of the molecule is CCOC(=O)c1c[nH]c2c(=O)[nH]c3ccc(S(=O)(=O)C4CCCCC4)cc3c12. The first-order valence-electron chi connectivity index (χ1n) is 9.51. The van der Waals surface area contributed by atoms with Crippen LogP contribution in [0.15, 0.2) is 34.1 Å². The Morgan fingerprint density at radius 3 is 2.68 bits per heavy atom. The van der Waals surface area contributed by atoms with Gasteiger partial charge in [0.25, 0.3) is 5.56 Å². The molecule has 1 fully saturated rings. The van der Waals surface area contributed by atoms with Gasteiger partial charge in [0.15, 0.2) is 9.84 Å². The Bertz CT molecular complexity index is 1220. The molecule has 0 bridgehead atoms. The van der Waals surface area contributed by atoms with Crippen molar-refractivity contribution in [1.29, 1.82) is 0 Å². The zero-order chi connectivity index (χ0) is 19.9. The van der Waals surface area contributed by atoms with E-state index in [2.05, 4.69) is 9.97 Å². The lowest BCUT2D eigenvalue weighted by molar-refractivity contribution is 0.0529. The number of H-pyrrole nitrogens is 2. The van der Waals surface area contributed by atoms with E-state index in [0.29, 0.717) is 29.1 Å². The third-order valence-electron chi connectivity index (χ3n) is 5.43. The van der Waals surface area contributed by atoms with Gasteiger partial charge in [0, 0.05) is 22.5 Å². The van der Waals surface area contributed by atoms with Crippen molar-refractivity contribution in [3.8, 4) is 0 Å². The lowest BCUT2D eigenvalue weighted by Crippen LogP contribution is -2.24. The molecule has 0 saturated heterocycles. The standard InChI is InChI=1S/C20H22N2O5S/c1-2-27-20(24)15-11-21-18-17(15)14-10-13(8-9-16(14)22-19(18)23)28(25,26)12-6-4-3-5-7-12/h8-12,21H,2-7H2,1H3,(H,22,23). The van der Waals surface area contributed by atoms with Gasteiger partial charge < -0.3 is 14.7 Å². The second-order valence-corrected chi connectivity index (χ2v) is 9.37. The van der Waals surface area contributed by atoms with Gasteiger partial charge in [-0.2, -0.15) is 0 Å². The van der Waals surface area contributed by atoms with Crippen LogP contribution in [0.3, 0.4) is 0 Å². The van der Waals surface area contributed by atoms with Crippen molar-refractivity contribution in [2.24, 2.45) is 0 Å². The maximum absolute atomic E-state index is 13.1. The summed E-state index contributed by atoms with van der Waals surface area (Å²) in [4.78, 5) is 30.5. The largest absolute Gasteiger partial charge is 0.462 e. The number of ether oxygens (including phenoxy) is 1. The Balaban J connectivity index is 1.94. The highest BCUT2D eigenvalue weighted by Gasteiger charge is 2.29. The van der Waals surface area contributed by atoms with Crippen molar-refractivity contribution in [3.05, 3.63) is 40.3 Å². The van der Waals surface area contributed by atoms with Crippen LogP contribution < -0.4 is 5.56 Å². The lowest BCUT2D eigenvalue weighted by atomic mass is 10.0. The maximum atomic E-state index is 13.1. The minimum Gasteiger partial charge on any atom is -0.462 e. The molecule has 0 atom stereocenters. The number of nitrogens with one attached hydrogen (secondary N) is 2. The molecular weight excluding hydrogens is 380 g/mol. The molecule has 3 aromatic rings. The van der Waals surface area contributed by atoms with Crippen molar-refractivity contribution in [1.82, 2.24) is 9.97 Å². The van der Waals surface area contributed by atoms with Crippen LogP contribution in [0.2, 0.25) is 0 Å². The zero-order valence-corrected chi connectivity index (χ0v) is 16.4. The van der Waals surface area contributed by atoms with Gasteiger partial charge in [-0.05, 0) is 38.0 Å². The summed E-state index contributed by atoms with van der Waals surface area (Å²) in [5, 5.41) is 0.515. The van der Waals surface area contributed by atoms with Crippen molar-refractivity contribution in [2.45, 2.75) is 49.2 Å². The summed E-state index contributed by atoms with van der Waals surface area (Å²) in [6.07, 6.45) is 5.66. The van der Waals surface area contributed by atoms with E-state index in [1.165, 1.54) is 12.3 Å². The fourth-order valence-electron chi connectivity index (χ4n) is 4.02. The van der Waals surface area contributed by atoms with Gasteiger partial charge in [-0.3, -0.25) is 4.79 Å². The molecule has 1 aliphatic carbocycles. The van der Waals surface area contributed by atoms with E-state index >= 15 is 0 Å². The molecule has 0 aliphatic heterocycles. The first-order chi connectivity index (χ1) is 13.4. The van der Waals surface area contributed by atoms with Gasteiger partial charge in [0.2, 0.25) is 0 Å². The van der Waals surface area contributed by atoms with Crippen LogP contribution in [0.1, 0.15) is 49.4 Å². The first-order valence-corrected chi connectivity index (χ1v) is 11.1. The normalized spacial score (nSPS) is 15.9. The van der Waals surface area contributed by atoms with Crippen molar-refractivity contribution < 1.29 is 17.9 Å². The van der Waals surface area contributed by atoms with Gasteiger partial charge in [-0.15, -0.1) is 0 Å². The lowest BCUT2D eigenvalue weighted by Gasteiger charge is -2.22. The van der Waals surface area contributed by atoms with Gasteiger partial charge in [-0.25, -0.2) is 13.2 Å². The molecule has 2 heterocycles. The summed E-state index contributed by atoms with van der Waals surface area (Å²) in [5.74, 6) is -0.554. The predicted octanol–water partition coefficient (Wildman–Crippen LogP) is 3.29. The topological polar surface area (TPSA) is 109 Å². The number of esters is 1. The quantitative estimate of drug-likeness (QED) is 0.651. The van der Waals surface area contributed by atoms with Crippen LogP contribution in [0.5, 0.6) is 0 Å². The highest BCUT2D eigenvalue weighted by molar-refractivity contribution is 7.92. The molecule has 1 aliphatic rings. The third-order valence-corrected chi connectivity index (χ3v) is 7.69. The zero-order valence-electron chi connectivity index (χ0n) is 15.6. The average molecular weight is 402 g/mol. The summed E-state index contributed by atoms with van der Waals surface area (Å²) in [6, 6.07) is 4.69. The molecule has 148 valence electrons. The highest BCUT2D eigenvalue weighted by atomic mass is 32.2. The Kier molecular flexibility index (Phi) is 4.74. The summed E-state index contributed by atoms with van der Waals surface area (Å²) in [6.45, 7) is 1.90. The number of pyridine rings is 1. The Morgan fingerprint density at radius 2 is 1.96 bits per heavy atom. The third kappa shape index (κ3) is 3.01. The molecule has 0 unspecified atom stereocenters. The molecule has 2 aromatic heterocycles. The minimum absolute atomic E-state index is 0.202. The van der Waals surface area contributed by atoms with Gasteiger partial charge >= 0.3 is 5.97 Å². The maximum Gasteiger partial charge on any atom is 0.340 e. The number of aromatic amines is 2. The number of sulfone groups is 1. The Morgan fingerprint density at radius 1 is 1.21 bits per heavy atom. The molecule has 7 nitrogen and oxygen atoms in total. The van der Waals surface area contributed by atoms with Crippen molar-refractivity contribution >= 4 is 37.6 Å². The predicted molar refractivity (Wildman–Crippen MR) is 106 cm³/mol. The summed E-state index contributed by atoms with van der Waals surface area (Å²) >= 11 is 0. The van der Waals surface area contributed by atoms with Crippen LogP contribution in [0.4, 0.5) is 0 Å². The number of benzene rings is 1. The average Bonchev–Trinajstić information content (AvgIpc) is 3.15. The fraction of sp³-hybridized carbons (Fsp3) is 0.400. The summed E-state index contributed by atoms with van der Waals surface area (Å²) in [7, 11) is -3.48. The molecule has 4 rings (SSSR count). The minimum atomic E-state index is -3.48. The Labute approximate surface area is 162 Å². The molecular formula is C20H22N2O5S. The van der Waals surface area contributed by atoms with E-state index in [4.69, 9.17) is 4.74 Å². The summed E-state index contributed by atoms with van der Waals surface area (Å²) in [5.41, 5.74) is 0.550. The molecule has 1 aromatic carbocycles. The van der Waals surface area contributed by atoms with Crippen LogP contribution >= 0.6 is 0 Å². The van der Waals surface area contributed by atoms with E-state index < -0.39 is 15.8 Å². The number of hydrogen-bond acceptors (Lipinski definition) is 5. The molecule has 0 spiro atoms. The van der Waals surface area contributed by atoms with Gasteiger partial charge in [0.1, 0.15) is 5.52 Å². The second-order valence-electron chi connectivity index (χ2n) is 7.14. The molecule has 0 amide bonds. The monoisotopic (exact) mass is 402 g/mol. The molecule has 28 heavy (non-hydrogen) atoms. The van der Waals surface area contributed by atoms with Crippen LogP contribution in [0, 0.1) is 0 Å². The van der Waals surface area contributed by atoms with Crippen molar-refractivity contribution in [3.63, 3.8) is 0 Å². The van der Waals surface area contributed by atoms with Crippen LogP contribution in [-0.2, 0) is 14.6 Å². The summed E-state index contributed by atoms with van der Waals surface area (Å²) < 4.78 is 31.3. The van der Waals surface area contributed by atoms with Crippen LogP contribution in [-0.4, -0.2) is 36.2 Å². The molecule has 2 N–H and O–H groups in total. The Hall–Kier alpha value is -2.61. The van der Waals surface area contributed by atoms with Crippen LogP contribution in [0.25, 0.3) is 21.8 Å². The van der Waals surface area contributed by atoms with Gasteiger partial charge in [-0.1, -0.05) is 19.3 Å². The molecule has 0 radical (unpaired) electrons. The van der Waals surface area contributed by atoms with E-state index in [9.17, 15) is 18.0 Å². The van der Waals surface area contributed by atoms with E-state index in [-0.39, 0.29) is 33.4 Å². The smallest absolute Gasteiger partial charge is 0.340 e. The molecule has 1 saturated carbocycles. The second kappa shape index (κ2) is 7.09. The highest BCUT2D eigenvalue weighted by Crippen LogP contribution is 2.32. The number of rotatable bonds is 4. The van der Waals surface area contributed by atoms with E-state index in [0.717, 1.165) is 19.3 Å². The number of carbonyl (C=O) groups is 1. The number of carbonyl (C=O) groups excluding carboxylic acids is 1. The molecule has 8 heteroatoms.